The maximum absolute atomic E-state index is 12.3. The average Bonchev–Trinajstić information content (AvgIpc) is 2.50. The number of hydrogen-bond acceptors (Lipinski definition) is 3. The molecule has 0 radical (unpaired) electrons. The van der Waals surface area contributed by atoms with Crippen molar-refractivity contribution in [3.63, 3.8) is 0 Å². The van der Waals surface area contributed by atoms with Crippen LogP contribution in [0.25, 0.3) is 0 Å². The van der Waals surface area contributed by atoms with Crippen LogP contribution < -0.4 is 4.74 Å². The second kappa shape index (κ2) is 5.37. The number of aryl methyl sites for hydroxylation is 1. The van der Waals surface area contributed by atoms with Crippen LogP contribution in [-0.2, 0) is 0 Å². The lowest BCUT2D eigenvalue weighted by Gasteiger charge is -2.15. The zero-order valence-corrected chi connectivity index (χ0v) is 11.6. The fraction of sp³-hybridized carbons (Fsp3) is 0.111. The Morgan fingerprint density at radius 3 is 2.48 bits per heavy atom. The standard InChI is InChI=1S/C18H14O3/c1-12-5-4-6-14(9-12)21-11-13-10-17(19)15-7-2-3-8-16(15)18(13)20/h2-10H,11H2,1H3. The van der Waals surface area contributed by atoms with E-state index in [0.29, 0.717) is 22.4 Å². The van der Waals surface area contributed by atoms with E-state index in [9.17, 15) is 9.59 Å². The predicted molar refractivity (Wildman–Crippen MR) is 79.9 cm³/mol. The molecule has 0 saturated heterocycles. The van der Waals surface area contributed by atoms with Crippen LogP contribution in [0.1, 0.15) is 26.3 Å². The van der Waals surface area contributed by atoms with Gasteiger partial charge in [-0.3, -0.25) is 9.59 Å². The molecular weight excluding hydrogens is 264 g/mol. The van der Waals surface area contributed by atoms with Crippen LogP contribution in [0.5, 0.6) is 5.75 Å². The predicted octanol–water partition coefficient (Wildman–Crippen LogP) is 3.38. The molecule has 0 bridgehead atoms. The quantitative estimate of drug-likeness (QED) is 0.864. The van der Waals surface area contributed by atoms with E-state index in [-0.39, 0.29) is 18.2 Å². The monoisotopic (exact) mass is 278 g/mol. The maximum atomic E-state index is 12.3. The van der Waals surface area contributed by atoms with Crippen molar-refractivity contribution in [2.24, 2.45) is 0 Å². The molecule has 3 rings (SSSR count). The number of allylic oxidation sites excluding steroid dienone is 1. The van der Waals surface area contributed by atoms with Crippen LogP contribution in [0.4, 0.5) is 0 Å². The molecule has 21 heavy (non-hydrogen) atoms. The highest BCUT2D eigenvalue weighted by molar-refractivity contribution is 6.24. The molecule has 1 aliphatic carbocycles. The van der Waals surface area contributed by atoms with Gasteiger partial charge >= 0.3 is 0 Å². The lowest BCUT2D eigenvalue weighted by Crippen LogP contribution is -2.20. The maximum Gasteiger partial charge on any atom is 0.193 e. The van der Waals surface area contributed by atoms with Crippen molar-refractivity contribution in [3.05, 3.63) is 76.9 Å². The first-order valence-electron chi connectivity index (χ1n) is 6.73. The Balaban J connectivity index is 1.81. The first-order valence-corrected chi connectivity index (χ1v) is 6.73. The number of fused-ring (bicyclic) bond motifs is 1. The fourth-order valence-corrected chi connectivity index (χ4v) is 2.34. The van der Waals surface area contributed by atoms with E-state index in [1.54, 1.807) is 24.3 Å². The highest BCUT2D eigenvalue weighted by Gasteiger charge is 2.25. The number of ether oxygens (including phenoxy) is 1. The molecule has 0 atom stereocenters. The normalized spacial score (nSPS) is 13.7. The Morgan fingerprint density at radius 1 is 0.952 bits per heavy atom. The molecule has 1 aliphatic rings. The minimum absolute atomic E-state index is 0.0996. The van der Waals surface area contributed by atoms with Gasteiger partial charge in [0, 0.05) is 16.7 Å². The second-order valence-corrected chi connectivity index (χ2v) is 5.01. The third-order valence-corrected chi connectivity index (χ3v) is 3.42. The fourth-order valence-electron chi connectivity index (χ4n) is 2.34. The molecule has 0 fully saturated rings. The molecule has 0 saturated carbocycles. The zero-order chi connectivity index (χ0) is 14.8. The van der Waals surface area contributed by atoms with Crippen molar-refractivity contribution in [1.82, 2.24) is 0 Å². The minimum Gasteiger partial charge on any atom is -0.489 e. The van der Waals surface area contributed by atoms with Gasteiger partial charge in [0.25, 0.3) is 0 Å². The molecule has 0 aromatic heterocycles. The van der Waals surface area contributed by atoms with Gasteiger partial charge in [-0.1, -0.05) is 36.4 Å². The van der Waals surface area contributed by atoms with Crippen LogP contribution in [0.15, 0.2) is 60.2 Å². The highest BCUT2D eigenvalue weighted by Crippen LogP contribution is 2.22. The molecule has 3 nitrogen and oxygen atoms in total. The Kier molecular flexibility index (Phi) is 3.40. The summed E-state index contributed by atoms with van der Waals surface area (Å²) in [5.41, 5.74) is 2.38. The van der Waals surface area contributed by atoms with Crippen molar-refractivity contribution in [3.8, 4) is 5.75 Å². The third kappa shape index (κ3) is 2.63. The Hall–Kier alpha value is -2.68. The van der Waals surface area contributed by atoms with Gasteiger partial charge in [0.2, 0.25) is 0 Å². The average molecular weight is 278 g/mol. The van der Waals surface area contributed by atoms with Gasteiger partial charge in [0.15, 0.2) is 11.6 Å². The van der Waals surface area contributed by atoms with Crippen molar-refractivity contribution in [1.29, 1.82) is 0 Å². The van der Waals surface area contributed by atoms with Gasteiger partial charge in [-0.25, -0.2) is 0 Å². The van der Waals surface area contributed by atoms with Crippen LogP contribution in [0, 0.1) is 6.92 Å². The number of benzene rings is 2. The topological polar surface area (TPSA) is 43.4 Å². The van der Waals surface area contributed by atoms with E-state index in [1.165, 1.54) is 6.08 Å². The molecular formula is C18H14O3. The summed E-state index contributed by atoms with van der Waals surface area (Å²) in [6.07, 6.45) is 1.38. The summed E-state index contributed by atoms with van der Waals surface area (Å²) in [7, 11) is 0. The second-order valence-electron chi connectivity index (χ2n) is 5.01. The molecule has 0 aliphatic heterocycles. The molecule has 2 aromatic carbocycles. The highest BCUT2D eigenvalue weighted by atomic mass is 16.5. The smallest absolute Gasteiger partial charge is 0.193 e. The first-order chi connectivity index (χ1) is 10.1. The number of ketones is 2. The molecule has 2 aromatic rings. The Morgan fingerprint density at radius 2 is 1.71 bits per heavy atom. The Bertz CT molecular complexity index is 757. The molecule has 0 amide bonds. The minimum atomic E-state index is -0.145. The molecule has 0 N–H and O–H groups in total. The van der Waals surface area contributed by atoms with Crippen molar-refractivity contribution in [2.75, 3.05) is 6.61 Å². The molecule has 0 spiro atoms. The Labute approximate surface area is 122 Å². The van der Waals surface area contributed by atoms with Crippen molar-refractivity contribution >= 4 is 11.6 Å². The van der Waals surface area contributed by atoms with E-state index < -0.39 is 0 Å². The van der Waals surface area contributed by atoms with Crippen LogP contribution in [-0.4, -0.2) is 18.2 Å². The number of Topliss-reactive ketones (excluding diaryl/α,β-unsaturated/α-hetero) is 1. The molecule has 3 heteroatoms. The molecule has 0 unspecified atom stereocenters. The summed E-state index contributed by atoms with van der Waals surface area (Å²) in [6.45, 7) is 2.07. The van der Waals surface area contributed by atoms with Crippen molar-refractivity contribution < 1.29 is 14.3 Å². The summed E-state index contributed by atoms with van der Waals surface area (Å²) in [5.74, 6) is 0.404. The van der Waals surface area contributed by atoms with Gasteiger partial charge in [-0.05, 0) is 30.7 Å². The number of rotatable bonds is 3. The summed E-state index contributed by atoms with van der Waals surface area (Å²) >= 11 is 0. The van der Waals surface area contributed by atoms with E-state index >= 15 is 0 Å². The molecule has 104 valence electrons. The summed E-state index contributed by atoms with van der Waals surface area (Å²) in [5, 5.41) is 0. The third-order valence-electron chi connectivity index (χ3n) is 3.42. The number of hydrogen-bond donors (Lipinski definition) is 0. The van der Waals surface area contributed by atoms with Crippen LogP contribution >= 0.6 is 0 Å². The first kappa shape index (κ1) is 13.3. The summed E-state index contributed by atoms with van der Waals surface area (Å²) in [4.78, 5) is 24.4. The summed E-state index contributed by atoms with van der Waals surface area (Å²) < 4.78 is 5.62. The largest absolute Gasteiger partial charge is 0.489 e. The van der Waals surface area contributed by atoms with Crippen LogP contribution in [0.3, 0.4) is 0 Å². The van der Waals surface area contributed by atoms with Gasteiger partial charge in [-0.15, -0.1) is 0 Å². The van der Waals surface area contributed by atoms with Crippen LogP contribution in [0.2, 0.25) is 0 Å². The number of carbonyl (C=O) groups excluding carboxylic acids is 2. The van der Waals surface area contributed by atoms with Gasteiger partial charge < -0.3 is 4.74 Å². The van der Waals surface area contributed by atoms with E-state index in [4.69, 9.17) is 4.74 Å². The number of carbonyl (C=O) groups is 2. The van der Waals surface area contributed by atoms with Gasteiger partial charge in [0.05, 0.1) is 0 Å². The van der Waals surface area contributed by atoms with Gasteiger partial charge in [0.1, 0.15) is 12.4 Å². The summed E-state index contributed by atoms with van der Waals surface area (Å²) in [6, 6.07) is 14.4. The lowest BCUT2D eigenvalue weighted by molar-refractivity contribution is 0.0974. The van der Waals surface area contributed by atoms with Gasteiger partial charge in [-0.2, -0.15) is 0 Å². The van der Waals surface area contributed by atoms with E-state index in [2.05, 4.69) is 0 Å². The van der Waals surface area contributed by atoms with Crippen molar-refractivity contribution in [2.45, 2.75) is 6.92 Å². The zero-order valence-electron chi connectivity index (χ0n) is 11.6. The SMILES string of the molecule is Cc1cccc(OCC2=CC(=O)c3ccccc3C2=O)c1. The van der Waals surface area contributed by atoms with E-state index in [0.717, 1.165) is 5.56 Å². The van der Waals surface area contributed by atoms with E-state index in [1.807, 2.05) is 31.2 Å². The molecule has 0 heterocycles. The lowest BCUT2D eigenvalue weighted by atomic mass is 9.90.